The van der Waals surface area contributed by atoms with Crippen molar-refractivity contribution in [3.63, 3.8) is 0 Å². The number of furan rings is 1. The zero-order valence-electron chi connectivity index (χ0n) is 11.0. The molecule has 2 aromatic rings. The summed E-state index contributed by atoms with van der Waals surface area (Å²) in [7, 11) is 1.22. The number of halogens is 1. The van der Waals surface area contributed by atoms with Crippen LogP contribution in [0.1, 0.15) is 16.3 Å². The van der Waals surface area contributed by atoms with Crippen LogP contribution in [0.15, 0.2) is 34.7 Å². The lowest BCUT2D eigenvalue weighted by molar-refractivity contribution is -0.384. The Morgan fingerprint density at radius 2 is 2.19 bits per heavy atom. The SMILES string of the molecule is COC(=O)c1ccc(CNc2cc([N+](=O)[O-])ccc2F)o1. The second-order valence-electron chi connectivity index (χ2n) is 4.03. The van der Waals surface area contributed by atoms with E-state index in [1.165, 1.54) is 19.2 Å². The maximum atomic E-state index is 13.5. The van der Waals surface area contributed by atoms with E-state index in [1.54, 1.807) is 0 Å². The van der Waals surface area contributed by atoms with Crippen molar-refractivity contribution in [1.82, 2.24) is 0 Å². The summed E-state index contributed by atoms with van der Waals surface area (Å²) < 4.78 is 23.2. The van der Waals surface area contributed by atoms with Gasteiger partial charge in [0, 0.05) is 12.1 Å². The molecule has 0 aliphatic carbocycles. The third-order valence-corrected chi connectivity index (χ3v) is 2.66. The molecule has 0 fully saturated rings. The highest BCUT2D eigenvalue weighted by Crippen LogP contribution is 2.22. The second-order valence-corrected chi connectivity index (χ2v) is 4.03. The van der Waals surface area contributed by atoms with Crippen molar-refractivity contribution >= 4 is 17.3 Å². The van der Waals surface area contributed by atoms with Crippen molar-refractivity contribution < 1.29 is 23.3 Å². The lowest BCUT2D eigenvalue weighted by Gasteiger charge is -2.05. The molecule has 1 N–H and O–H groups in total. The van der Waals surface area contributed by atoms with Crippen molar-refractivity contribution in [1.29, 1.82) is 0 Å². The molecule has 0 saturated heterocycles. The molecule has 0 amide bonds. The first-order valence-corrected chi connectivity index (χ1v) is 5.86. The number of carbonyl (C=O) groups is 1. The summed E-state index contributed by atoms with van der Waals surface area (Å²) in [6.45, 7) is 0.0646. The van der Waals surface area contributed by atoms with Gasteiger partial charge >= 0.3 is 5.97 Å². The molecule has 7 nitrogen and oxygen atoms in total. The summed E-state index contributed by atoms with van der Waals surface area (Å²) in [6.07, 6.45) is 0. The van der Waals surface area contributed by atoms with E-state index in [9.17, 15) is 19.3 Å². The van der Waals surface area contributed by atoms with Crippen LogP contribution in [0.4, 0.5) is 15.8 Å². The number of nitro groups is 1. The number of rotatable bonds is 5. The Hall–Kier alpha value is -2.90. The molecule has 0 aliphatic rings. The molecule has 0 atom stereocenters. The molecule has 0 saturated carbocycles. The fourth-order valence-corrected chi connectivity index (χ4v) is 1.63. The molecule has 1 heterocycles. The van der Waals surface area contributed by atoms with Crippen molar-refractivity contribution in [2.75, 3.05) is 12.4 Å². The van der Waals surface area contributed by atoms with Gasteiger partial charge in [0.2, 0.25) is 5.76 Å². The van der Waals surface area contributed by atoms with Crippen LogP contribution in [0, 0.1) is 15.9 Å². The molecule has 0 aliphatic heterocycles. The van der Waals surface area contributed by atoms with Gasteiger partial charge in [0.05, 0.1) is 24.3 Å². The van der Waals surface area contributed by atoms with Crippen LogP contribution in [-0.2, 0) is 11.3 Å². The Balaban J connectivity index is 2.09. The largest absolute Gasteiger partial charge is 0.463 e. The average molecular weight is 294 g/mol. The summed E-state index contributed by atoms with van der Waals surface area (Å²) in [4.78, 5) is 21.2. The number of esters is 1. The number of ether oxygens (including phenoxy) is 1. The molecular formula is C13H11FN2O5. The quantitative estimate of drug-likeness (QED) is 0.517. The molecule has 8 heteroatoms. The van der Waals surface area contributed by atoms with Crippen molar-refractivity contribution in [3.05, 3.63) is 57.8 Å². The number of anilines is 1. The van der Waals surface area contributed by atoms with Crippen LogP contribution >= 0.6 is 0 Å². The minimum Gasteiger partial charge on any atom is -0.463 e. The topological polar surface area (TPSA) is 94.6 Å². The Kier molecular flexibility index (Phi) is 4.17. The van der Waals surface area contributed by atoms with Gasteiger partial charge in [-0.3, -0.25) is 10.1 Å². The number of carbonyl (C=O) groups excluding carboxylic acids is 1. The minimum atomic E-state index is -0.625. The number of benzene rings is 1. The smallest absolute Gasteiger partial charge is 0.373 e. The molecule has 1 aromatic heterocycles. The molecule has 0 bridgehead atoms. The minimum absolute atomic E-state index is 0.0221. The predicted molar refractivity (Wildman–Crippen MR) is 70.4 cm³/mol. The normalized spacial score (nSPS) is 10.2. The monoisotopic (exact) mass is 294 g/mol. The Bertz CT molecular complexity index is 683. The molecule has 2 rings (SSSR count). The second kappa shape index (κ2) is 6.04. The highest BCUT2D eigenvalue weighted by atomic mass is 19.1. The molecular weight excluding hydrogens is 283 g/mol. The van der Waals surface area contributed by atoms with Gasteiger partial charge in [-0.15, -0.1) is 0 Å². The number of hydrogen-bond donors (Lipinski definition) is 1. The first-order chi connectivity index (χ1) is 10.0. The summed E-state index contributed by atoms with van der Waals surface area (Å²) in [5.74, 6) is -0.863. The molecule has 0 spiro atoms. The first kappa shape index (κ1) is 14.5. The van der Waals surface area contributed by atoms with Gasteiger partial charge in [0.15, 0.2) is 0 Å². The summed E-state index contributed by atoms with van der Waals surface area (Å²) in [5.41, 5.74) is -0.256. The van der Waals surface area contributed by atoms with Gasteiger partial charge in [0.1, 0.15) is 11.6 Å². The maximum absolute atomic E-state index is 13.5. The molecule has 0 unspecified atom stereocenters. The van der Waals surface area contributed by atoms with E-state index in [0.717, 1.165) is 18.2 Å². The van der Waals surface area contributed by atoms with Gasteiger partial charge in [0.25, 0.3) is 5.69 Å². The van der Waals surface area contributed by atoms with Crippen LogP contribution in [0.2, 0.25) is 0 Å². The van der Waals surface area contributed by atoms with Crippen molar-refractivity contribution in [2.45, 2.75) is 6.54 Å². The van der Waals surface area contributed by atoms with E-state index >= 15 is 0 Å². The fraction of sp³-hybridized carbons (Fsp3) is 0.154. The summed E-state index contributed by atoms with van der Waals surface area (Å²) in [6, 6.07) is 6.10. The van der Waals surface area contributed by atoms with Crippen molar-refractivity contribution in [3.8, 4) is 0 Å². The van der Waals surface area contributed by atoms with E-state index < -0.39 is 16.7 Å². The number of nitrogens with zero attached hydrogens (tertiary/aromatic N) is 1. The Labute approximate surface area is 118 Å². The average Bonchev–Trinajstić information content (AvgIpc) is 2.94. The third kappa shape index (κ3) is 3.35. The van der Waals surface area contributed by atoms with Crippen LogP contribution in [0.5, 0.6) is 0 Å². The highest BCUT2D eigenvalue weighted by Gasteiger charge is 2.13. The molecule has 21 heavy (non-hydrogen) atoms. The van der Waals surface area contributed by atoms with Crippen molar-refractivity contribution in [2.24, 2.45) is 0 Å². The Morgan fingerprint density at radius 1 is 1.43 bits per heavy atom. The number of methoxy groups -OCH3 is 1. The first-order valence-electron chi connectivity index (χ1n) is 5.86. The molecule has 110 valence electrons. The summed E-state index contributed by atoms with van der Waals surface area (Å²) >= 11 is 0. The number of non-ortho nitro benzene ring substituents is 1. The van der Waals surface area contributed by atoms with Gasteiger partial charge in [-0.2, -0.15) is 0 Å². The standard InChI is InChI=1S/C13H11FN2O5/c1-20-13(17)12-5-3-9(21-12)7-15-11-6-8(16(18)19)2-4-10(11)14/h2-6,15H,7H2,1H3. The number of hydrogen-bond acceptors (Lipinski definition) is 6. The maximum Gasteiger partial charge on any atom is 0.373 e. The fourth-order valence-electron chi connectivity index (χ4n) is 1.63. The Morgan fingerprint density at radius 3 is 2.86 bits per heavy atom. The predicted octanol–water partition coefficient (Wildman–Crippen LogP) is 2.73. The number of nitrogens with one attached hydrogen (secondary N) is 1. The highest BCUT2D eigenvalue weighted by molar-refractivity contribution is 5.86. The van der Waals surface area contributed by atoms with E-state index in [2.05, 4.69) is 10.1 Å². The summed E-state index contributed by atoms with van der Waals surface area (Å²) in [5, 5.41) is 13.3. The van der Waals surface area contributed by atoms with E-state index in [-0.39, 0.29) is 23.7 Å². The van der Waals surface area contributed by atoms with E-state index in [0.29, 0.717) is 5.76 Å². The van der Waals surface area contributed by atoms with Crippen LogP contribution in [0.25, 0.3) is 0 Å². The number of nitro benzene ring substituents is 1. The van der Waals surface area contributed by atoms with E-state index in [1.807, 2.05) is 0 Å². The van der Waals surface area contributed by atoms with Gasteiger partial charge in [-0.05, 0) is 18.2 Å². The lowest BCUT2D eigenvalue weighted by atomic mass is 10.2. The molecule has 1 aromatic carbocycles. The molecule has 0 radical (unpaired) electrons. The van der Waals surface area contributed by atoms with Crippen LogP contribution in [-0.4, -0.2) is 18.0 Å². The van der Waals surface area contributed by atoms with Crippen LogP contribution < -0.4 is 5.32 Å². The van der Waals surface area contributed by atoms with E-state index in [4.69, 9.17) is 4.42 Å². The van der Waals surface area contributed by atoms with Gasteiger partial charge < -0.3 is 14.5 Å². The van der Waals surface area contributed by atoms with Gasteiger partial charge in [-0.25, -0.2) is 9.18 Å². The third-order valence-electron chi connectivity index (χ3n) is 2.66. The zero-order valence-corrected chi connectivity index (χ0v) is 11.0. The van der Waals surface area contributed by atoms with Crippen LogP contribution in [0.3, 0.4) is 0 Å². The lowest BCUT2D eigenvalue weighted by Crippen LogP contribution is -2.02. The zero-order chi connectivity index (χ0) is 15.4. The van der Waals surface area contributed by atoms with Gasteiger partial charge in [-0.1, -0.05) is 0 Å².